The van der Waals surface area contributed by atoms with Crippen LogP contribution in [-0.2, 0) is 0 Å². The predicted molar refractivity (Wildman–Crippen MR) is 68.3 cm³/mol. The van der Waals surface area contributed by atoms with Gasteiger partial charge in [0, 0.05) is 17.0 Å². The Labute approximate surface area is 102 Å². The second-order valence-corrected chi connectivity index (χ2v) is 4.51. The van der Waals surface area contributed by atoms with Crippen LogP contribution in [-0.4, -0.2) is 12.3 Å². The number of anilines is 1. The lowest BCUT2D eigenvalue weighted by molar-refractivity contribution is 0.420. The fraction of sp³-hybridized carbons (Fsp3) is 0.0833. The minimum absolute atomic E-state index is 0.319. The summed E-state index contributed by atoms with van der Waals surface area (Å²) in [6.07, 6.45) is 0. The molecule has 2 aromatic heterocycles. The standard InChI is InChI=1S/C12H10N2O2S/c1-15-10-3-2-7(8-4-5-17-12(8)10)9-6-11(13)16-14-9/h2-6H,13H2,1H3. The van der Waals surface area contributed by atoms with Crippen LogP contribution < -0.4 is 10.5 Å². The molecule has 0 saturated carbocycles. The summed E-state index contributed by atoms with van der Waals surface area (Å²) in [5.41, 5.74) is 7.29. The number of ether oxygens (including phenoxy) is 1. The van der Waals surface area contributed by atoms with Gasteiger partial charge >= 0.3 is 0 Å². The van der Waals surface area contributed by atoms with E-state index < -0.39 is 0 Å². The maximum Gasteiger partial charge on any atom is 0.222 e. The average Bonchev–Trinajstić information content (AvgIpc) is 2.96. The summed E-state index contributed by atoms with van der Waals surface area (Å²) in [5, 5.41) is 7.06. The molecule has 0 aliphatic carbocycles. The van der Waals surface area contributed by atoms with Crippen molar-refractivity contribution in [1.82, 2.24) is 5.16 Å². The third-order valence-corrected chi connectivity index (χ3v) is 3.53. The maximum absolute atomic E-state index is 5.54. The Kier molecular flexibility index (Phi) is 2.26. The highest BCUT2D eigenvalue weighted by atomic mass is 32.1. The zero-order valence-electron chi connectivity index (χ0n) is 9.14. The Morgan fingerprint density at radius 3 is 2.94 bits per heavy atom. The van der Waals surface area contributed by atoms with E-state index in [-0.39, 0.29) is 0 Å². The monoisotopic (exact) mass is 246 g/mol. The number of benzene rings is 1. The average molecular weight is 246 g/mol. The van der Waals surface area contributed by atoms with Crippen molar-refractivity contribution in [3.8, 4) is 17.0 Å². The lowest BCUT2D eigenvalue weighted by Gasteiger charge is -2.04. The van der Waals surface area contributed by atoms with E-state index in [9.17, 15) is 0 Å². The molecule has 0 radical (unpaired) electrons. The van der Waals surface area contributed by atoms with Crippen LogP contribution in [0.25, 0.3) is 21.3 Å². The molecule has 4 nitrogen and oxygen atoms in total. The third-order valence-electron chi connectivity index (χ3n) is 2.60. The zero-order valence-corrected chi connectivity index (χ0v) is 9.95. The molecular weight excluding hydrogens is 236 g/mol. The Hall–Kier alpha value is -2.01. The summed E-state index contributed by atoms with van der Waals surface area (Å²) in [6, 6.07) is 7.66. The van der Waals surface area contributed by atoms with Crippen molar-refractivity contribution in [3.63, 3.8) is 0 Å². The summed E-state index contributed by atoms with van der Waals surface area (Å²) < 4.78 is 11.3. The number of hydrogen-bond donors (Lipinski definition) is 1. The summed E-state index contributed by atoms with van der Waals surface area (Å²) in [7, 11) is 1.67. The van der Waals surface area contributed by atoms with E-state index in [0.717, 1.165) is 27.1 Å². The highest BCUT2D eigenvalue weighted by molar-refractivity contribution is 7.17. The minimum atomic E-state index is 0.319. The van der Waals surface area contributed by atoms with Gasteiger partial charge in [0.05, 0.1) is 11.8 Å². The molecule has 0 spiro atoms. The van der Waals surface area contributed by atoms with Crippen molar-refractivity contribution in [1.29, 1.82) is 0 Å². The summed E-state index contributed by atoms with van der Waals surface area (Å²) in [4.78, 5) is 0. The SMILES string of the molecule is COc1ccc(-c2cc(N)on2)c2ccsc12. The summed E-state index contributed by atoms with van der Waals surface area (Å²) in [5.74, 6) is 1.19. The van der Waals surface area contributed by atoms with E-state index in [1.165, 1.54) is 0 Å². The van der Waals surface area contributed by atoms with Crippen molar-refractivity contribution in [2.45, 2.75) is 0 Å². The van der Waals surface area contributed by atoms with Gasteiger partial charge in [-0.05, 0) is 23.6 Å². The van der Waals surface area contributed by atoms with Gasteiger partial charge < -0.3 is 15.0 Å². The van der Waals surface area contributed by atoms with Crippen LogP contribution in [0.5, 0.6) is 5.75 Å². The Morgan fingerprint density at radius 2 is 2.24 bits per heavy atom. The highest BCUT2D eigenvalue weighted by Crippen LogP contribution is 2.37. The molecule has 86 valence electrons. The molecule has 0 aliphatic heterocycles. The number of nitrogens with zero attached hydrogens (tertiary/aromatic N) is 1. The van der Waals surface area contributed by atoms with Gasteiger partial charge in [0.15, 0.2) is 0 Å². The van der Waals surface area contributed by atoms with E-state index in [0.29, 0.717) is 5.88 Å². The first kappa shape index (κ1) is 10.2. The number of nitrogen functional groups attached to an aromatic ring is 1. The molecule has 3 rings (SSSR count). The first-order chi connectivity index (χ1) is 8.29. The molecular formula is C12H10N2O2S. The van der Waals surface area contributed by atoms with Crippen LogP contribution >= 0.6 is 11.3 Å². The first-order valence-electron chi connectivity index (χ1n) is 5.06. The van der Waals surface area contributed by atoms with Crippen LogP contribution in [0, 0.1) is 0 Å². The molecule has 3 aromatic rings. The van der Waals surface area contributed by atoms with Crippen molar-refractivity contribution < 1.29 is 9.26 Å². The lowest BCUT2D eigenvalue weighted by Crippen LogP contribution is -1.84. The Morgan fingerprint density at radius 1 is 1.35 bits per heavy atom. The number of fused-ring (bicyclic) bond motifs is 1. The van der Waals surface area contributed by atoms with Crippen LogP contribution in [0.1, 0.15) is 0 Å². The normalized spacial score (nSPS) is 10.9. The second kappa shape index (κ2) is 3.78. The number of nitrogens with two attached hydrogens (primary N) is 1. The van der Waals surface area contributed by atoms with Gasteiger partial charge in [-0.25, -0.2) is 0 Å². The fourth-order valence-electron chi connectivity index (χ4n) is 1.84. The zero-order chi connectivity index (χ0) is 11.8. The summed E-state index contributed by atoms with van der Waals surface area (Å²) in [6.45, 7) is 0. The molecule has 0 amide bonds. The van der Waals surface area contributed by atoms with Gasteiger partial charge in [-0.1, -0.05) is 5.16 Å². The predicted octanol–water partition coefficient (Wildman–Crippen LogP) is 3.15. The lowest BCUT2D eigenvalue weighted by atomic mass is 10.1. The molecule has 0 bridgehead atoms. The van der Waals surface area contributed by atoms with Crippen LogP contribution in [0.4, 0.5) is 5.88 Å². The number of methoxy groups -OCH3 is 1. The molecule has 17 heavy (non-hydrogen) atoms. The number of thiophene rings is 1. The minimum Gasteiger partial charge on any atom is -0.495 e. The van der Waals surface area contributed by atoms with Gasteiger partial charge in [0.1, 0.15) is 11.4 Å². The van der Waals surface area contributed by atoms with Crippen molar-refractivity contribution in [2.75, 3.05) is 12.8 Å². The quantitative estimate of drug-likeness (QED) is 0.754. The fourth-order valence-corrected chi connectivity index (χ4v) is 2.75. The number of aromatic nitrogens is 1. The molecule has 0 aliphatic rings. The molecule has 2 N–H and O–H groups in total. The van der Waals surface area contributed by atoms with E-state index in [2.05, 4.69) is 5.16 Å². The highest BCUT2D eigenvalue weighted by Gasteiger charge is 2.12. The number of rotatable bonds is 2. The van der Waals surface area contributed by atoms with Crippen LogP contribution in [0.15, 0.2) is 34.2 Å². The largest absolute Gasteiger partial charge is 0.495 e. The smallest absolute Gasteiger partial charge is 0.222 e. The second-order valence-electron chi connectivity index (χ2n) is 3.59. The van der Waals surface area contributed by atoms with Crippen LogP contribution in [0.3, 0.4) is 0 Å². The molecule has 2 heterocycles. The third kappa shape index (κ3) is 1.55. The van der Waals surface area contributed by atoms with Gasteiger partial charge in [-0.15, -0.1) is 11.3 Å². The Bertz CT molecular complexity index is 672. The summed E-state index contributed by atoms with van der Waals surface area (Å²) >= 11 is 1.64. The van der Waals surface area contributed by atoms with E-state index in [1.54, 1.807) is 24.5 Å². The van der Waals surface area contributed by atoms with Gasteiger partial charge in [-0.2, -0.15) is 0 Å². The first-order valence-corrected chi connectivity index (χ1v) is 5.94. The maximum atomic E-state index is 5.54. The molecule has 0 saturated heterocycles. The van der Waals surface area contributed by atoms with Crippen molar-refractivity contribution >= 4 is 27.3 Å². The van der Waals surface area contributed by atoms with E-state index >= 15 is 0 Å². The van der Waals surface area contributed by atoms with Crippen molar-refractivity contribution in [3.05, 3.63) is 29.6 Å². The molecule has 0 fully saturated rings. The Balaban J connectivity index is 2.27. The van der Waals surface area contributed by atoms with Crippen molar-refractivity contribution in [2.24, 2.45) is 0 Å². The molecule has 5 heteroatoms. The van der Waals surface area contributed by atoms with Gasteiger partial charge in [-0.3, -0.25) is 0 Å². The van der Waals surface area contributed by atoms with Gasteiger partial charge in [0.2, 0.25) is 5.88 Å². The molecule has 0 atom stereocenters. The topological polar surface area (TPSA) is 61.3 Å². The van der Waals surface area contributed by atoms with Crippen LogP contribution in [0.2, 0.25) is 0 Å². The van der Waals surface area contributed by atoms with E-state index in [4.69, 9.17) is 15.0 Å². The van der Waals surface area contributed by atoms with E-state index in [1.807, 2.05) is 23.6 Å². The molecule has 0 unspecified atom stereocenters. The number of hydrogen-bond acceptors (Lipinski definition) is 5. The molecule has 1 aromatic carbocycles. The van der Waals surface area contributed by atoms with Gasteiger partial charge in [0.25, 0.3) is 0 Å².